The molecule has 0 amide bonds. The third-order valence-electron chi connectivity index (χ3n) is 1.38. The van der Waals surface area contributed by atoms with E-state index in [1.807, 2.05) is 0 Å². The maximum atomic E-state index is 11.2. The average molecular weight is 197 g/mol. The SMILES string of the molecule is Nc1ccc([P+]([O-])=CC(=O)O)cc1. The van der Waals surface area contributed by atoms with Crippen molar-refractivity contribution in [1.29, 1.82) is 0 Å². The number of nitrogen functional groups attached to an aromatic ring is 1. The lowest BCUT2D eigenvalue weighted by atomic mass is 10.3. The topological polar surface area (TPSA) is 86.4 Å². The van der Waals surface area contributed by atoms with Gasteiger partial charge in [-0.1, -0.05) is 0 Å². The Kier molecular flexibility index (Phi) is 3.01. The summed E-state index contributed by atoms with van der Waals surface area (Å²) in [6.07, 6.45) is 0. The quantitative estimate of drug-likeness (QED) is 0.496. The van der Waals surface area contributed by atoms with Gasteiger partial charge in [-0.3, -0.25) is 0 Å². The number of nitrogens with two attached hydrogens (primary N) is 1. The van der Waals surface area contributed by atoms with E-state index in [2.05, 4.69) is 0 Å². The molecular weight excluding hydrogens is 189 g/mol. The molecule has 0 aliphatic carbocycles. The van der Waals surface area contributed by atoms with Crippen molar-refractivity contribution in [1.82, 2.24) is 0 Å². The second-order valence-electron chi connectivity index (χ2n) is 2.38. The Labute approximate surface area is 76.1 Å². The van der Waals surface area contributed by atoms with Gasteiger partial charge in [0.05, 0.1) is 7.77 Å². The van der Waals surface area contributed by atoms with E-state index >= 15 is 0 Å². The number of anilines is 1. The first-order valence-corrected chi connectivity index (χ1v) is 4.82. The lowest BCUT2D eigenvalue weighted by Crippen LogP contribution is -2.09. The third-order valence-corrected chi connectivity index (χ3v) is 2.64. The van der Waals surface area contributed by atoms with Gasteiger partial charge in [0.1, 0.15) is 5.30 Å². The van der Waals surface area contributed by atoms with E-state index in [9.17, 15) is 9.69 Å². The van der Waals surface area contributed by atoms with Crippen molar-refractivity contribution in [3.05, 3.63) is 24.3 Å². The van der Waals surface area contributed by atoms with Crippen LogP contribution in [0.4, 0.5) is 5.69 Å². The van der Waals surface area contributed by atoms with Gasteiger partial charge in [-0.15, -0.1) is 0 Å². The van der Waals surface area contributed by atoms with Gasteiger partial charge >= 0.3 is 5.97 Å². The Morgan fingerprint density at radius 2 is 2.00 bits per heavy atom. The maximum absolute atomic E-state index is 11.2. The molecule has 0 aliphatic heterocycles. The van der Waals surface area contributed by atoms with Crippen molar-refractivity contribution in [3.8, 4) is 0 Å². The minimum atomic E-state index is -1.96. The van der Waals surface area contributed by atoms with Gasteiger partial charge in [0.2, 0.25) is 0 Å². The molecule has 0 spiro atoms. The van der Waals surface area contributed by atoms with Gasteiger partial charge < -0.3 is 15.7 Å². The van der Waals surface area contributed by atoms with Gasteiger partial charge in [-0.2, -0.15) is 0 Å². The highest BCUT2D eigenvalue weighted by atomic mass is 31.1. The lowest BCUT2D eigenvalue weighted by molar-refractivity contribution is -0.149. The molecule has 1 rings (SSSR count). The summed E-state index contributed by atoms with van der Waals surface area (Å²) in [6, 6.07) is 6.26. The number of hydrogen-bond donors (Lipinski definition) is 2. The molecule has 0 aliphatic rings. The molecule has 4 nitrogen and oxygen atoms in total. The molecule has 0 bridgehead atoms. The highest BCUT2D eigenvalue weighted by Crippen LogP contribution is 2.10. The molecule has 1 aromatic rings. The van der Waals surface area contributed by atoms with Crippen LogP contribution in [-0.2, 0) is 4.79 Å². The van der Waals surface area contributed by atoms with Crippen LogP contribution in [0.3, 0.4) is 0 Å². The number of aliphatic carboxylic acids is 1. The van der Waals surface area contributed by atoms with Crippen LogP contribution in [0.25, 0.3) is 0 Å². The first kappa shape index (κ1) is 9.71. The minimum Gasteiger partial charge on any atom is -0.626 e. The fourth-order valence-corrected chi connectivity index (χ4v) is 1.59. The monoisotopic (exact) mass is 197 g/mol. The minimum absolute atomic E-state index is 0.464. The largest absolute Gasteiger partial charge is 0.626 e. The molecule has 1 aromatic carbocycles. The van der Waals surface area contributed by atoms with Crippen LogP contribution in [0, 0.1) is 0 Å². The summed E-state index contributed by atoms with van der Waals surface area (Å²) in [7, 11) is -1.96. The van der Waals surface area contributed by atoms with Crippen LogP contribution in [0.5, 0.6) is 0 Å². The molecule has 68 valence electrons. The number of hydrogen-bond acceptors (Lipinski definition) is 3. The number of carboxylic acids is 1. The smallest absolute Gasteiger partial charge is 0.371 e. The zero-order valence-electron chi connectivity index (χ0n) is 6.68. The lowest BCUT2D eigenvalue weighted by Gasteiger charge is -1.96. The molecule has 0 saturated carbocycles. The van der Waals surface area contributed by atoms with Crippen LogP contribution < -0.4 is 15.9 Å². The predicted molar refractivity (Wildman–Crippen MR) is 51.1 cm³/mol. The zero-order chi connectivity index (χ0) is 9.84. The molecule has 0 saturated heterocycles. The Morgan fingerprint density at radius 3 is 2.46 bits per heavy atom. The van der Waals surface area contributed by atoms with E-state index < -0.39 is 13.7 Å². The fourth-order valence-electron chi connectivity index (χ4n) is 0.796. The van der Waals surface area contributed by atoms with Gasteiger partial charge in [-0.05, 0) is 24.3 Å². The first-order chi connectivity index (χ1) is 6.09. The van der Waals surface area contributed by atoms with E-state index in [1.165, 1.54) is 0 Å². The summed E-state index contributed by atoms with van der Waals surface area (Å²) < 4.78 is 0. The van der Waals surface area contributed by atoms with Crippen molar-refractivity contribution in [3.63, 3.8) is 0 Å². The van der Waals surface area contributed by atoms with E-state index in [1.54, 1.807) is 24.3 Å². The maximum Gasteiger partial charge on any atom is 0.371 e. The highest BCUT2D eigenvalue weighted by molar-refractivity contribution is 7.59. The Morgan fingerprint density at radius 1 is 1.46 bits per heavy atom. The molecular formula is C8H8NO3P. The predicted octanol–water partition coefficient (Wildman–Crippen LogP) is -0.462. The molecule has 3 N–H and O–H groups in total. The van der Waals surface area contributed by atoms with Crippen molar-refractivity contribution in [2.45, 2.75) is 0 Å². The van der Waals surface area contributed by atoms with Crippen molar-refractivity contribution in [2.24, 2.45) is 0 Å². The van der Waals surface area contributed by atoms with E-state index in [0.29, 0.717) is 11.0 Å². The standard InChI is InChI=1S/C8H8NO3P/c9-6-1-3-7(4-2-6)13(12)5-8(10)11/h1-5H,9H2,(H,10,11). The highest BCUT2D eigenvalue weighted by Gasteiger charge is 2.04. The summed E-state index contributed by atoms with van der Waals surface area (Å²) >= 11 is 0. The molecule has 5 heteroatoms. The molecule has 1 atom stereocenters. The normalized spacial score (nSPS) is 11.3. The second-order valence-corrected chi connectivity index (χ2v) is 3.81. The Hall–Kier alpha value is -1.38. The molecule has 1 unspecified atom stereocenters. The van der Waals surface area contributed by atoms with Crippen molar-refractivity contribution < 1.29 is 14.8 Å². The first-order valence-electron chi connectivity index (χ1n) is 3.49. The number of benzene rings is 1. The average Bonchev–Trinajstić information content (AvgIpc) is 2.04. The van der Waals surface area contributed by atoms with Crippen LogP contribution in [0.15, 0.2) is 24.3 Å². The molecule has 0 heterocycles. The summed E-state index contributed by atoms with van der Waals surface area (Å²) in [6.45, 7) is 0. The zero-order valence-corrected chi connectivity index (χ0v) is 7.57. The van der Waals surface area contributed by atoms with Crippen LogP contribution in [0.2, 0.25) is 0 Å². The Balaban J connectivity index is 2.96. The number of carboxylic acid groups (broad SMARTS) is 1. The van der Waals surface area contributed by atoms with E-state index in [4.69, 9.17) is 10.8 Å². The summed E-state index contributed by atoms with van der Waals surface area (Å²) in [5.41, 5.74) is 5.96. The van der Waals surface area contributed by atoms with E-state index in [-0.39, 0.29) is 0 Å². The molecule has 13 heavy (non-hydrogen) atoms. The van der Waals surface area contributed by atoms with Gasteiger partial charge in [0.25, 0.3) is 0 Å². The summed E-state index contributed by atoms with van der Waals surface area (Å²) in [5, 5.41) is 8.80. The Bertz CT molecular complexity index is 345. The van der Waals surface area contributed by atoms with Gasteiger partial charge in [0.15, 0.2) is 5.80 Å². The fraction of sp³-hybridized carbons (Fsp3) is 0. The molecule has 0 aromatic heterocycles. The second kappa shape index (κ2) is 4.03. The van der Waals surface area contributed by atoms with Crippen LogP contribution in [0.1, 0.15) is 0 Å². The summed E-state index contributed by atoms with van der Waals surface area (Å²) in [5.74, 6) is -0.418. The number of rotatable bonds is 2. The third kappa shape index (κ3) is 2.86. The summed E-state index contributed by atoms with van der Waals surface area (Å²) in [4.78, 5) is 21.4. The van der Waals surface area contributed by atoms with E-state index in [0.717, 1.165) is 5.80 Å². The molecule has 0 fully saturated rings. The van der Waals surface area contributed by atoms with Gasteiger partial charge in [-0.25, -0.2) is 4.79 Å². The molecule has 0 radical (unpaired) electrons. The van der Waals surface area contributed by atoms with Crippen LogP contribution in [-0.4, -0.2) is 16.9 Å². The van der Waals surface area contributed by atoms with Gasteiger partial charge in [0, 0.05) is 5.69 Å². The van der Waals surface area contributed by atoms with Crippen molar-refractivity contribution >= 4 is 30.5 Å². The van der Waals surface area contributed by atoms with Crippen molar-refractivity contribution in [2.75, 3.05) is 5.73 Å². The number of carbonyl (C=O) groups is 1. The van der Waals surface area contributed by atoms with Crippen LogP contribution >= 0.6 is 7.77 Å².